The SMILES string of the molecule is COc1cccc(C2=CC3=C(Nc4cccc5c4OC(F)(F)O5)N=C(c4cccnc4)N(C)C3C=C2)c1. The summed E-state index contributed by atoms with van der Waals surface area (Å²) in [7, 11) is 3.59. The summed E-state index contributed by atoms with van der Waals surface area (Å²) >= 11 is 0. The molecule has 6 rings (SSSR count). The van der Waals surface area contributed by atoms with Gasteiger partial charge in [0.15, 0.2) is 11.5 Å². The highest BCUT2D eigenvalue weighted by Crippen LogP contribution is 2.46. The van der Waals surface area contributed by atoms with Crippen LogP contribution >= 0.6 is 0 Å². The Hall–Kier alpha value is -4.66. The second-order valence-corrected chi connectivity index (χ2v) is 8.65. The van der Waals surface area contributed by atoms with Crippen LogP contribution in [0.2, 0.25) is 0 Å². The van der Waals surface area contributed by atoms with Gasteiger partial charge in [0.25, 0.3) is 0 Å². The lowest BCUT2D eigenvalue weighted by Gasteiger charge is -2.36. The lowest BCUT2D eigenvalue weighted by atomic mass is 9.91. The van der Waals surface area contributed by atoms with Gasteiger partial charge < -0.3 is 24.4 Å². The summed E-state index contributed by atoms with van der Waals surface area (Å²) in [5.41, 5.74) is 3.94. The number of amidine groups is 1. The number of fused-ring (bicyclic) bond motifs is 2. The van der Waals surface area contributed by atoms with Crippen LogP contribution in [0.15, 0.2) is 102 Å². The molecule has 2 aromatic carbocycles. The lowest BCUT2D eigenvalue weighted by molar-refractivity contribution is -0.286. The zero-order chi connectivity index (χ0) is 25.6. The Kier molecular flexibility index (Phi) is 5.40. The zero-order valence-electron chi connectivity index (χ0n) is 20.0. The third-order valence-corrected chi connectivity index (χ3v) is 6.33. The van der Waals surface area contributed by atoms with Crippen molar-refractivity contribution >= 4 is 17.1 Å². The number of rotatable bonds is 5. The number of hydrogen-bond donors (Lipinski definition) is 1. The maximum Gasteiger partial charge on any atom is 0.586 e. The van der Waals surface area contributed by atoms with E-state index in [0.29, 0.717) is 17.3 Å². The standard InChI is InChI=1S/C28H22F2N4O3/c1-34-23-12-11-18(17-6-3-8-20(14-17)35-2)15-21(23)26(33-27(34)19-7-5-13-31-16-19)32-22-9-4-10-24-25(22)37-28(29,30)36-24/h3-16,23,32H,1-2H3. The molecular weight excluding hydrogens is 478 g/mol. The number of benzene rings is 2. The minimum atomic E-state index is -3.73. The van der Waals surface area contributed by atoms with Gasteiger partial charge in [-0.15, -0.1) is 8.78 Å². The number of anilines is 1. The average molecular weight is 501 g/mol. The first-order valence-electron chi connectivity index (χ1n) is 11.6. The van der Waals surface area contributed by atoms with Gasteiger partial charge >= 0.3 is 6.29 Å². The normalized spacial score (nSPS) is 19.2. The number of methoxy groups -OCH3 is 1. The molecule has 7 nitrogen and oxygen atoms in total. The number of halogens is 2. The Balaban J connectivity index is 1.48. The molecule has 186 valence electrons. The van der Waals surface area contributed by atoms with Gasteiger partial charge in [0.1, 0.15) is 17.4 Å². The summed E-state index contributed by atoms with van der Waals surface area (Å²) in [4.78, 5) is 11.2. The van der Waals surface area contributed by atoms with Crippen molar-refractivity contribution in [3.8, 4) is 17.2 Å². The molecule has 3 heterocycles. The number of alkyl halides is 2. The fourth-order valence-corrected chi connectivity index (χ4v) is 4.57. The van der Waals surface area contributed by atoms with Gasteiger partial charge in [0.2, 0.25) is 0 Å². The van der Waals surface area contributed by atoms with Crippen LogP contribution < -0.4 is 19.5 Å². The van der Waals surface area contributed by atoms with Gasteiger partial charge in [-0.05, 0) is 53.6 Å². The molecule has 0 spiro atoms. The van der Waals surface area contributed by atoms with Crippen LogP contribution in [0.5, 0.6) is 17.2 Å². The molecular formula is C28H22F2N4O3. The van der Waals surface area contributed by atoms with Crippen LogP contribution in [0.4, 0.5) is 14.5 Å². The highest BCUT2D eigenvalue weighted by atomic mass is 19.3. The molecule has 1 atom stereocenters. The van der Waals surface area contributed by atoms with Crippen molar-refractivity contribution in [2.45, 2.75) is 12.3 Å². The summed E-state index contributed by atoms with van der Waals surface area (Å²) in [5, 5.41) is 3.24. The van der Waals surface area contributed by atoms with Crippen LogP contribution in [0.1, 0.15) is 11.1 Å². The van der Waals surface area contributed by atoms with E-state index in [2.05, 4.69) is 32.1 Å². The van der Waals surface area contributed by atoms with Crippen molar-refractivity contribution in [2.75, 3.05) is 19.5 Å². The summed E-state index contributed by atoms with van der Waals surface area (Å²) in [6.45, 7) is 0. The molecule has 3 aliphatic rings. The largest absolute Gasteiger partial charge is 0.586 e. The van der Waals surface area contributed by atoms with E-state index in [-0.39, 0.29) is 17.5 Å². The number of hydrogen-bond acceptors (Lipinski definition) is 7. The molecule has 9 heteroatoms. The predicted molar refractivity (Wildman–Crippen MR) is 136 cm³/mol. The maximum absolute atomic E-state index is 13.8. The smallest absolute Gasteiger partial charge is 0.497 e. The Morgan fingerprint density at radius 3 is 2.70 bits per heavy atom. The topological polar surface area (TPSA) is 68.2 Å². The average Bonchev–Trinajstić information content (AvgIpc) is 3.25. The molecule has 0 saturated heterocycles. The Bertz CT molecular complexity index is 1500. The highest BCUT2D eigenvalue weighted by Gasteiger charge is 2.45. The molecule has 0 radical (unpaired) electrons. The first-order valence-corrected chi connectivity index (χ1v) is 11.6. The van der Waals surface area contributed by atoms with E-state index in [1.807, 2.05) is 49.5 Å². The van der Waals surface area contributed by atoms with Crippen molar-refractivity contribution < 1.29 is 23.0 Å². The molecule has 0 amide bonds. The first kappa shape index (κ1) is 22.8. The number of nitrogens with one attached hydrogen (secondary N) is 1. The number of allylic oxidation sites excluding steroid dienone is 2. The van der Waals surface area contributed by atoms with Crippen LogP contribution in [0.25, 0.3) is 5.57 Å². The Morgan fingerprint density at radius 2 is 1.89 bits per heavy atom. The van der Waals surface area contributed by atoms with Crippen LogP contribution in [0, 0.1) is 0 Å². The molecule has 1 unspecified atom stereocenters. The molecule has 2 aliphatic heterocycles. The van der Waals surface area contributed by atoms with Crippen molar-refractivity contribution in [1.82, 2.24) is 9.88 Å². The Labute approximate surface area is 212 Å². The number of ether oxygens (including phenoxy) is 3. The van der Waals surface area contributed by atoms with Gasteiger partial charge in [-0.3, -0.25) is 4.98 Å². The van der Waals surface area contributed by atoms with Gasteiger partial charge in [-0.2, -0.15) is 0 Å². The van der Waals surface area contributed by atoms with E-state index < -0.39 is 6.29 Å². The van der Waals surface area contributed by atoms with E-state index in [9.17, 15) is 8.78 Å². The van der Waals surface area contributed by atoms with E-state index in [1.54, 1.807) is 31.6 Å². The van der Waals surface area contributed by atoms with Gasteiger partial charge in [-0.1, -0.05) is 30.4 Å². The van der Waals surface area contributed by atoms with Gasteiger partial charge in [-0.25, -0.2) is 4.99 Å². The minimum Gasteiger partial charge on any atom is -0.497 e. The number of nitrogens with zero attached hydrogens (tertiary/aromatic N) is 3. The van der Waals surface area contributed by atoms with Crippen LogP contribution in [-0.4, -0.2) is 42.2 Å². The fourth-order valence-electron chi connectivity index (χ4n) is 4.57. The molecule has 1 N–H and O–H groups in total. The maximum atomic E-state index is 13.8. The van der Waals surface area contributed by atoms with Crippen LogP contribution in [0.3, 0.4) is 0 Å². The number of pyridine rings is 1. The van der Waals surface area contributed by atoms with Gasteiger partial charge in [0.05, 0.1) is 18.8 Å². The number of para-hydroxylation sites is 1. The van der Waals surface area contributed by atoms with Crippen molar-refractivity contribution in [3.63, 3.8) is 0 Å². The summed E-state index contributed by atoms with van der Waals surface area (Å²) in [6.07, 6.45) is 5.88. The second kappa shape index (κ2) is 8.77. The zero-order valence-corrected chi connectivity index (χ0v) is 20.0. The third-order valence-electron chi connectivity index (χ3n) is 6.33. The Morgan fingerprint density at radius 1 is 1.05 bits per heavy atom. The molecule has 0 bridgehead atoms. The third kappa shape index (κ3) is 4.18. The second-order valence-electron chi connectivity index (χ2n) is 8.65. The minimum absolute atomic E-state index is 0.0438. The van der Waals surface area contributed by atoms with Crippen molar-refractivity contribution in [3.05, 3.63) is 108 Å². The fraction of sp³-hybridized carbons (Fsp3) is 0.143. The number of likely N-dealkylation sites (N-methyl/N-ethyl adjacent to an activating group) is 1. The molecule has 37 heavy (non-hydrogen) atoms. The number of aliphatic imine (C=N–C) groups is 1. The molecule has 0 fully saturated rings. The lowest BCUT2D eigenvalue weighted by Crippen LogP contribution is -2.42. The van der Waals surface area contributed by atoms with E-state index in [4.69, 9.17) is 14.5 Å². The van der Waals surface area contributed by atoms with Crippen molar-refractivity contribution in [1.29, 1.82) is 0 Å². The summed E-state index contributed by atoms with van der Waals surface area (Å²) < 4.78 is 42.5. The monoisotopic (exact) mass is 500 g/mol. The molecule has 1 aromatic heterocycles. The first-order chi connectivity index (χ1) is 17.9. The quantitative estimate of drug-likeness (QED) is 0.503. The number of aromatic nitrogens is 1. The van der Waals surface area contributed by atoms with E-state index in [1.165, 1.54) is 6.07 Å². The van der Waals surface area contributed by atoms with E-state index in [0.717, 1.165) is 28.0 Å². The van der Waals surface area contributed by atoms with Crippen molar-refractivity contribution in [2.24, 2.45) is 4.99 Å². The summed E-state index contributed by atoms with van der Waals surface area (Å²) in [5.74, 6) is 1.81. The predicted octanol–water partition coefficient (Wildman–Crippen LogP) is 5.45. The highest BCUT2D eigenvalue weighted by molar-refractivity contribution is 6.01. The van der Waals surface area contributed by atoms with Crippen LogP contribution in [-0.2, 0) is 0 Å². The van der Waals surface area contributed by atoms with E-state index >= 15 is 0 Å². The molecule has 1 aliphatic carbocycles. The molecule has 0 saturated carbocycles. The van der Waals surface area contributed by atoms with Gasteiger partial charge in [0, 0.05) is 30.6 Å². The summed E-state index contributed by atoms with van der Waals surface area (Å²) in [6, 6.07) is 16.1. The molecule has 3 aromatic rings.